The van der Waals surface area contributed by atoms with Crippen LogP contribution in [0.25, 0.3) is 0 Å². The van der Waals surface area contributed by atoms with E-state index in [1.165, 1.54) is 29.2 Å². The molecule has 14 heteroatoms. The number of anilines is 3. The van der Waals surface area contributed by atoms with Crippen molar-refractivity contribution in [2.75, 3.05) is 47.8 Å². The maximum absolute atomic E-state index is 15.1. The fourth-order valence-electron chi connectivity index (χ4n) is 4.38. The highest BCUT2D eigenvalue weighted by Crippen LogP contribution is 2.46. The van der Waals surface area contributed by atoms with E-state index in [9.17, 15) is 14.4 Å². The summed E-state index contributed by atoms with van der Waals surface area (Å²) in [5.74, 6) is -1.70. The number of nitrogens with zero attached hydrogens (tertiary/aromatic N) is 4. The Bertz CT molecular complexity index is 1140. The van der Waals surface area contributed by atoms with E-state index in [4.69, 9.17) is 4.74 Å². The number of nitrogens with one attached hydrogen (secondary N) is 3. The van der Waals surface area contributed by atoms with Gasteiger partial charge in [-0.2, -0.15) is 0 Å². The summed E-state index contributed by atoms with van der Waals surface area (Å²) in [6, 6.07) is 2.84. The number of benzene rings is 1. The molecule has 0 bridgehead atoms. The van der Waals surface area contributed by atoms with Gasteiger partial charge in [0.05, 0.1) is 24.8 Å². The number of halogens is 2. The Labute approximate surface area is 198 Å². The smallest absolute Gasteiger partial charge is 0.415 e. The van der Waals surface area contributed by atoms with Crippen LogP contribution in [0.3, 0.4) is 0 Å². The number of hydrogen-bond acceptors (Lipinski definition) is 8. The van der Waals surface area contributed by atoms with Crippen molar-refractivity contribution in [2.24, 2.45) is 0 Å². The Morgan fingerprint density at radius 3 is 2.69 bits per heavy atom. The number of ether oxygens (including phenoxy) is 1. The predicted molar refractivity (Wildman–Crippen MR) is 118 cm³/mol. The van der Waals surface area contributed by atoms with Crippen molar-refractivity contribution in [3.05, 3.63) is 36.1 Å². The van der Waals surface area contributed by atoms with E-state index in [-0.39, 0.29) is 61.9 Å². The predicted octanol–water partition coefficient (Wildman–Crippen LogP) is 1.42. The second kappa shape index (κ2) is 8.69. The average molecular weight is 491 g/mol. The molecule has 2 saturated heterocycles. The maximum atomic E-state index is 15.1. The Kier molecular flexibility index (Phi) is 5.67. The Morgan fingerprint density at radius 1 is 1.23 bits per heavy atom. The standard InChI is InChI=1S/C21H23F2N7O5/c1-12(31)25-16-10-21(16)11-29(20(33)35-21)13-8-14(22)18(15(23)9-13)28-4-3-24-30(6-5-28)19(32)26-17-2-7-34-27-17/h2,7-9,16,24H,3-6,10-11H2,1H3,(H,25,31)(H,26,27,32)/t16-,21-/m0/s1. The second-order valence-corrected chi connectivity index (χ2v) is 8.60. The highest BCUT2D eigenvalue weighted by Gasteiger charge is 2.64. The summed E-state index contributed by atoms with van der Waals surface area (Å²) < 4.78 is 40.3. The Morgan fingerprint density at radius 2 is 2.00 bits per heavy atom. The monoisotopic (exact) mass is 491 g/mol. The van der Waals surface area contributed by atoms with Gasteiger partial charge in [0.2, 0.25) is 5.91 Å². The van der Waals surface area contributed by atoms with Gasteiger partial charge in [0.1, 0.15) is 12.0 Å². The average Bonchev–Trinajstić information content (AvgIpc) is 3.07. The zero-order valence-corrected chi connectivity index (χ0v) is 18.7. The number of carbonyl (C=O) groups excluding carboxylic acids is 3. The number of carbonyl (C=O) groups is 3. The summed E-state index contributed by atoms with van der Waals surface area (Å²) in [4.78, 5) is 38.7. The summed E-state index contributed by atoms with van der Waals surface area (Å²) in [6.45, 7) is 2.21. The molecule has 3 N–H and O–H groups in total. The summed E-state index contributed by atoms with van der Waals surface area (Å²) in [6.07, 6.45) is 1.03. The lowest BCUT2D eigenvalue weighted by atomic mass is 10.2. The van der Waals surface area contributed by atoms with Crippen molar-refractivity contribution < 1.29 is 32.4 Å². The van der Waals surface area contributed by atoms with Crippen molar-refractivity contribution in [3.63, 3.8) is 0 Å². The minimum Gasteiger partial charge on any atom is -0.438 e. The van der Waals surface area contributed by atoms with Crippen LogP contribution in [0.4, 0.5) is 35.6 Å². The third-order valence-corrected chi connectivity index (χ3v) is 6.16. The fraction of sp³-hybridized carbons (Fsp3) is 0.429. The van der Waals surface area contributed by atoms with Gasteiger partial charge in [0.25, 0.3) is 0 Å². The zero-order valence-electron chi connectivity index (χ0n) is 18.7. The van der Waals surface area contributed by atoms with Crippen LogP contribution < -0.4 is 25.9 Å². The van der Waals surface area contributed by atoms with Gasteiger partial charge in [-0.15, -0.1) is 0 Å². The Hall–Kier alpha value is -3.94. The largest absolute Gasteiger partial charge is 0.438 e. The normalized spacial score (nSPS) is 23.8. The van der Waals surface area contributed by atoms with Crippen molar-refractivity contribution in [1.29, 1.82) is 0 Å². The first-order valence-corrected chi connectivity index (χ1v) is 11.0. The molecule has 3 heterocycles. The van der Waals surface area contributed by atoms with Gasteiger partial charge in [0.15, 0.2) is 23.1 Å². The lowest BCUT2D eigenvalue weighted by Gasteiger charge is -2.25. The van der Waals surface area contributed by atoms with Gasteiger partial charge in [-0.05, 0) is 0 Å². The quantitative estimate of drug-likeness (QED) is 0.585. The molecule has 4 amide bonds. The fourth-order valence-corrected chi connectivity index (χ4v) is 4.38. The maximum Gasteiger partial charge on any atom is 0.415 e. The van der Waals surface area contributed by atoms with Crippen LogP contribution in [0.2, 0.25) is 0 Å². The van der Waals surface area contributed by atoms with Crippen LogP contribution >= 0.6 is 0 Å². The topological polar surface area (TPSA) is 132 Å². The van der Waals surface area contributed by atoms with Crippen molar-refractivity contribution in [1.82, 2.24) is 20.9 Å². The second-order valence-electron chi connectivity index (χ2n) is 8.60. The SMILES string of the molecule is CC(=O)N[C@H]1C[C@]12CN(c1cc(F)c(N3CCNN(C(=O)Nc4ccon4)CC3)c(F)c1)C(=O)O2. The highest BCUT2D eigenvalue weighted by molar-refractivity contribution is 5.91. The van der Waals surface area contributed by atoms with Gasteiger partial charge in [0, 0.05) is 51.2 Å². The molecule has 2 atom stereocenters. The molecular formula is C21H23F2N7O5. The van der Waals surface area contributed by atoms with Crippen molar-refractivity contribution in [2.45, 2.75) is 25.0 Å². The summed E-state index contributed by atoms with van der Waals surface area (Å²) >= 11 is 0. The lowest BCUT2D eigenvalue weighted by Crippen LogP contribution is -2.46. The molecule has 3 aliphatic rings. The molecule has 35 heavy (non-hydrogen) atoms. The molecule has 0 radical (unpaired) electrons. The van der Waals surface area contributed by atoms with Crippen LogP contribution in [0.1, 0.15) is 13.3 Å². The molecule has 1 spiro atoms. The van der Waals surface area contributed by atoms with E-state index < -0.39 is 29.4 Å². The van der Waals surface area contributed by atoms with Crippen molar-refractivity contribution in [3.8, 4) is 0 Å². The minimum absolute atomic E-state index is 0.0284. The number of urea groups is 1. The third-order valence-electron chi connectivity index (χ3n) is 6.16. The minimum atomic E-state index is -0.874. The number of hydrazine groups is 1. The van der Waals surface area contributed by atoms with Crippen LogP contribution in [0.5, 0.6) is 0 Å². The van der Waals surface area contributed by atoms with Crippen LogP contribution in [0, 0.1) is 11.6 Å². The molecule has 1 aromatic carbocycles. The molecule has 1 aromatic heterocycles. The van der Waals surface area contributed by atoms with Gasteiger partial charge >= 0.3 is 12.1 Å². The van der Waals surface area contributed by atoms with Gasteiger partial charge in [-0.3, -0.25) is 20.0 Å². The number of rotatable bonds is 4. The first-order chi connectivity index (χ1) is 16.8. The summed E-state index contributed by atoms with van der Waals surface area (Å²) in [7, 11) is 0. The van der Waals surface area contributed by atoms with Gasteiger partial charge < -0.3 is 19.5 Å². The number of hydrogen-bond donors (Lipinski definition) is 3. The van der Waals surface area contributed by atoms with E-state index in [0.29, 0.717) is 6.42 Å². The molecule has 186 valence electrons. The van der Waals surface area contributed by atoms with Crippen LogP contribution in [-0.4, -0.2) is 72.6 Å². The highest BCUT2D eigenvalue weighted by atomic mass is 19.1. The van der Waals surface area contributed by atoms with Crippen molar-refractivity contribution >= 4 is 35.2 Å². The Balaban J connectivity index is 1.26. The molecule has 1 aliphatic carbocycles. The number of amides is 4. The van der Waals surface area contributed by atoms with Gasteiger partial charge in [-0.25, -0.2) is 23.8 Å². The summed E-state index contributed by atoms with van der Waals surface area (Å²) in [5, 5.41) is 10.1. The summed E-state index contributed by atoms with van der Waals surface area (Å²) in [5.41, 5.74) is 1.81. The van der Waals surface area contributed by atoms with E-state index in [1.54, 1.807) is 0 Å². The molecule has 2 aromatic rings. The molecule has 1 saturated carbocycles. The van der Waals surface area contributed by atoms with E-state index in [1.807, 2.05) is 0 Å². The van der Waals surface area contributed by atoms with Crippen LogP contribution in [-0.2, 0) is 9.53 Å². The molecule has 12 nitrogen and oxygen atoms in total. The molecule has 0 unspecified atom stereocenters. The zero-order chi connectivity index (χ0) is 24.7. The van der Waals surface area contributed by atoms with E-state index >= 15 is 8.78 Å². The molecular weight excluding hydrogens is 468 g/mol. The van der Waals surface area contributed by atoms with Gasteiger partial charge in [-0.1, -0.05) is 5.16 Å². The lowest BCUT2D eigenvalue weighted by molar-refractivity contribution is -0.119. The van der Waals surface area contributed by atoms with E-state index in [0.717, 1.165) is 17.0 Å². The first kappa shape index (κ1) is 22.8. The van der Waals surface area contributed by atoms with E-state index in [2.05, 4.69) is 25.7 Å². The molecule has 2 aliphatic heterocycles. The molecule has 3 fully saturated rings. The third kappa shape index (κ3) is 4.43. The number of aromatic nitrogens is 1. The first-order valence-electron chi connectivity index (χ1n) is 11.0. The molecule has 5 rings (SSSR count). The van der Waals surface area contributed by atoms with Crippen LogP contribution in [0.15, 0.2) is 29.0 Å².